The summed E-state index contributed by atoms with van der Waals surface area (Å²) in [6, 6.07) is 25.1. The Kier molecular flexibility index (Phi) is 5.00. The topological polar surface area (TPSA) is 79.9 Å². The number of aliphatic imine (C=N–C) groups is 1. The summed E-state index contributed by atoms with van der Waals surface area (Å²) in [5.74, 6) is 1.73. The molecule has 5 nitrogen and oxygen atoms in total. The summed E-state index contributed by atoms with van der Waals surface area (Å²) in [4.78, 5) is 4.38. The van der Waals surface area contributed by atoms with Gasteiger partial charge in [-0.1, -0.05) is 48.5 Å². The molecule has 1 aliphatic rings. The molecule has 0 aromatic heterocycles. The highest BCUT2D eigenvalue weighted by molar-refractivity contribution is 5.92. The van der Waals surface area contributed by atoms with Crippen LogP contribution in [-0.2, 0) is 12.0 Å². The third-order valence-electron chi connectivity index (χ3n) is 4.92. The summed E-state index contributed by atoms with van der Waals surface area (Å²) in [6.07, 6.45) is 1.51. The van der Waals surface area contributed by atoms with Gasteiger partial charge >= 0.3 is 0 Å². The highest BCUT2D eigenvalue weighted by Gasteiger charge is 2.36. The molecule has 0 amide bonds. The third kappa shape index (κ3) is 4.00. The Morgan fingerprint density at radius 2 is 1.75 bits per heavy atom. The summed E-state index contributed by atoms with van der Waals surface area (Å²) in [6.45, 7) is 0.225. The molecule has 0 aliphatic heterocycles. The van der Waals surface area contributed by atoms with Gasteiger partial charge in [0.1, 0.15) is 17.1 Å². The Morgan fingerprint density at radius 3 is 2.61 bits per heavy atom. The van der Waals surface area contributed by atoms with Crippen molar-refractivity contribution < 1.29 is 9.84 Å². The lowest BCUT2D eigenvalue weighted by molar-refractivity contribution is 0.0487. The Balaban J connectivity index is 1.42. The van der Waals surface area contributed by atoms with Gasteiger partial charge in [0.25, 0.3) is 0 Å². The molecule has 4 rings (SSSR count). The van der Waals surface area contributed by atoms with Crippen molar-refractivity contribution in [3.63, 3.8) is 0 Å². The van der Waals surface area contributed by atoms with Crippen molar-refractivity contribution in [3.05, 3.63) is 90.0 Å². The maximum atomic E-state index is 11.0. The van der Waals surface area contributed by atoms with Crippen molar-refractivity contribution >= 4 is 11.6 Å². The van der Waals surface area contributed by atoms with Crippen LogP contribution in [-0.4, -0.2) is 17.6 Å². The fourth-order valence-corrected chi connectivity index (χ4v) is 3.50. The molecule has 142 valence electrons. The molecule has 4 N–H and O–H groups in total. The minimum Gasteiger partial charge on any atom is -0.457 e. The SMILES string of the molecule is NC(=NCC1(O)CCc2ccccc21)Nc1cccc(Oc2ccccc2)c1. The molecule has 3 aromatic carbocycles. The average molecular weight is 373 g/mol. The van der Waals surface area contributed by atoms with Crippen molar-refractivity contribution in [2.75, 3.05) is 11.9 Å². The standard InChI is InChI=1S/C23H23N3O2/c24-22(25-16-23(27)14-13-17-7-4-5-12-21(17)23)26-18-8-6-11-20(15-18)28-19-9-2-1-3-10-19/h1-12,15,27H,13-14,16H2,(H3,24,25,26). The number of anilines is 1. The molecule has 1 unspecified atom stereocenters. The molecule has 0 bridgehead atoms. The molecule has 1 aliphatic carbocycles. The number of nitrogens with one attached hydrogen (secondary N) is 1. The Bertz CT molecular complexity index is 988. The molecule has 5 heteroatoms. The van der Waals surface area contributed by atoms with Crippen LogP contribution in [0.4, 0.5) is 5.69 Å². The number of ether oxygens (including phenoxy) is 1. The first kappa shape index (κ1) is 18.1. The summed E-state index contributed by atoms with van der Waals surface area (Å²) in [7, 11) is 0. The van der Waals surface area contributed by atoms with E-state index in [1.54, 1.807) is 0 Å². The average Bonchev–Trinajstić information content (AvgIpc) is 3.05. The minimum atomic E-state index is -0.957. The molecular formula is C23H23N3O2. The molecular weight excluding hydrogens is 350 g/mol. The first-order valence-corrected chi connectivity index (χ1v) is 9.33. The van der Waals surface area contributed by atoms with Gasteiger partial charge < -0.3 is 20.9 Å². The Labute approximate surface area is 164 Å². The van der Waals surface area contributed by atoms with Crippen LogP contribution < -0.4 is 15.8 Å². The Hall–Kier alpha value is -3.31. The highest BCUT2D eigenvalue weighted by Crippen LogP contribution is 2.36. The lowest BCUT2D eigenvalue weighted by Crippen LogP contribution is -2.30. The smallest absolute Gasteiger partial charge is 0.193 e. The van der Waals surface area contributed by atoms with E-state index in [1.165, 1.54) is 5.56 Å². The first-order valence-electron chi connectivity index (χ1n) is 9.33. The molecule has 3 aromatic rings. The molecule has 0 saturated heterocycles. The Morgan fingerprint density at radius 1 is 1.00 bits per heavy atom. The van der Waals surface area contributed by atoms with E-state index in [0.29, 0.717) is 12.2 Å². The number of fused-ring (bicyclic) bond motifs is 1. The molecule has 0 spiro atoms. The van der Waals surface area contributed by atoms with Crippen LogP contribution in [0.1, 0.15) is 17.5 Å². The third-order valence-corrected chi connectivity index (χ3v) is 4.92. The van der Waals surface area contributed by atoms with E-state index < -0.39 is 5.60 Å². The van der Waals surface area contributed by atoms with Crippen LogP contribution in [0, 0.1) is 0 Å². The van der Waals surface area contributed by atoms with Crippen LogP contribution in [0.25, 0.3) is 0 Å². The van der Waals surface area contributed by atoms with E-state index in [0.717, 1.165) is 23.4 Å². The van der Waals surface area contributed by atoms with Crippen molar-refractivity contribution in [2.45, 2.75) is 18.4 Å². The van der Waals surface area contributed by atoms with Gasteiger partial charge in [-0.3, -0.25) is 0 Å². The molecule has 0 fully saturated rings. The first-order chi connectivity index (χ1) is 13.6. The van der Waals surface area contributed by atoms with Gasteiger partial charge in [-0.25, -0.2) is 4.99 Å². The van der Waals surface area contributed by atoms with Crippen LogP contribution in [0.15, 0.2) is 83.9 Å². The van der Waals surface area contributed by atoms with Gasteiger partial charge in [-0.2, -0.15) is 0 Å². The van der Waals surface area contributed by atoms with Crippen molar-refractivity contribution in [3.8, 4) is 11.5 Å². The second kappa shape index (κ2) is 7.74. The minimum absolute atomic E-state index is 0.225. The largest absolute Gasteiger partial charge is 0.457 e. The quantitative estimate of drug-likeness (QED) is 0.466. The number of guanidine groups is 1. The van der Waals surface area contributed by atoms with E-state index in [4.69, 9.17) is 10.5 Å². The molecule has 0 heterocycles. The predicted octanol–water partition coefficient (Wildman–Crippen LogP) is 4.04. The van der Waals surface area contributed by atoms with Crippen molar-refractivity contribution in [1.82, 2.24) is 0 Å². The van der Waals surface area contributed by atoms with Crippen LogP contribution in [0.5, 0.6) is 11.5 Å². The number of rotatable bonds is 5. The molecule has 1 atom stereocenters. The van der Waals surface area contributed by atoms with E-state index >= 15 is 0 Å². The summed E-state index contributed by atoms with van der Waals surface area (Å²) >= 11 is 0. The number of hydrogen-bond donors (Lipinski definition) is 3. The number of benzene rings is 3. The van der Waals surface area contributed by atoms with Gasteiger partial charge in [0.2, 0.25) is 0 Å². The lowest BCUT2D eigenvalue weighted by atomic mass is 9.96. The zero-order valence-corrected chi connectivity index (χ0v) is 15.5. The van der Waals surface area contributed by atoms with Crippen LogP contribution >= 0.6 is 0 Å². The van der Waals surface area contributed by atoms with Gasteiger partial charge in [0.15, 0.2) is 5.96 Å². The number of aryl methyl sites for hydroxylation is 1. The number of aliphatic hydroxyl groups is 1. The van der Waals surface area contributed by atoms with E-state index in [1.807, 2.05) is 72.8 Å². The normalized spacial score (nSPS) is 18.5. The van der Waals surface area contributed by atoms with Gasteiger partial charge in [0.05, 0.1) is 6.54 Å². The van der Waals surface area contributed by atoms with Gasteiger partial charge in [-0.15, -0.1) is 0 Å². The van der Waals surface area contributed by atoms with Crippen LogP contribution in [0.3, 0.4) is 0 Å². The summed E-state index contributed by atoms with van der Waals surface area (Å²) in [5.41, 5.74) is 7.99. The highest BCUT2D eigenvalue weighted by atomic mass is 16.5. The van der Waals surface area contributed by atoms with Crippen LogP contribution in [0.2, 0.25) is 0 Å². The van der Waals surface area contributed by atoms with E-state index in [9.17, 15) is 5.11 Å². The summed E-state index contributed by atoms with van der Waals surface area (Å²) in [5, 5.41) is 14.0. The van der Waals surface area contributed by atoms with E-state index in [-0.39, 0.29) is 12.5 Å². The number of nitrogens with zero attached hydrogens (tertiary/aromatic N) is 1. The number of para-hydroxylation sites is 1. The second-order valence-electron chi connectivity index (χ2n) is 6.96. The number of hydrogen-bond acceptors (Lipinski definition) is 3. The molecule has 0 radical (unpaired) electrons. The van der Waals surface area contributed by atoms with Gasteiger partial charge in [-0.05, 0) is 48.2 Å². The number of nitrogens with two attached hydrogens (primary N) is 1. The maximum absolute atomic E-state index is 11.0. The monoisotopic (exact) mass is 373 g/mol. The second-order valence-corrected chi connectivity index (χ2v) is 6.96. The van der Waals surface area contributed by atoms with Gasteiger partial charge in [0, 0.05) is 11.8 Å². The zero-order chi connectivity index (χ0) is 19.4. The maximum Gasteiger partial charge on any atom is 0.193 e. The molecule has 28 heavy (non-hydrogen) atoms. The van der Waals surface area contributed by atoms with E-state index in [2.05, 4.69) is 16.4 Å². The van der Waals surface area contributed by atoms with Crippen molar-refractivity contribution in [2.24, 2.45) is 10.7 Å². The zero-order valence-electron chi connectivity index (χ0n) is 15.5. The summed E-state index contributed by atoms with van der Waals surface area (Å²) < 4.78 is 5.84. The predicted molar refractivity (Wildman–Crippen MR) is 112 cm³/mol. The fourth-order valence-electron chi connectivity index (χ4n) is 3.50. The fraction of sp³-hybridized carbons (Fsp3) is 0.174. The molecule has 0 saturated carbocycles. The van der Waals surface area contributed by atoms with Crippen molar-refractivity contribution in [1.29, 1.82) is 0 Å². The lowest BCUT2D eigenvalue weighted by Gasteiger charge is -2.22.